The molecule has 0 heterocycles. The quantitative estimate of drug-likeness (QED) is 0.600. The summed E-state index contributed by atoms with van der Waals surface area (Å²) in [6.45, 7) is 16.2. The normalized spacial score (nSPS) is 10.3. The molecule has 2 aromatic rings. The van der Waals surface area contributed by atoms with E-state index in [4.69, 9.17) is 0 Å². The van der Waals surface area contributed by atoms with Gasteiger partial charge in [-0.1, -0.05) is 100 Å². The fourth-order valence-corrected chi connectivity index (χ4v) is 1.84. The molecule has 2 rings (SSSR count). The molecule has 0 spiro atoms. The van der Waals surface area contributed by atoms with Crippen molar-refractivity contribution in [3.63, 3.8) is 0 Å². The van der Waals surface area contributed by atoms with E-state index in [1.54, 1.807) is 0 Å². The van der Waals surface area contributed by atoms with Crippen LogP contribution in [0.5, 0.6) is 0 Å². The van der Waals surface area contributed by atoms with E-state index < -0.39 is 0 Å². The predicted octanol–water partition coefficient (Wildman–Crippen LogP) is 6.35. The Balaban J connectivity index is 0.000000219. The van der Waals surface area contributed by atoms with Crippen molar-refractivity contribution in [2.24, 2.45) is 0 Å². The molecule has 0 nitrogen and oxygen atoms in total. The van der Waals surface area contributed by atoms with Crippen molar-refractivity contribution in [2.75, 3.05) is 0 Å². The van der Waals surface area contributed by atoms with Gasteiger partial charge in [-0.15, -0.1) is 0 Å². The molecule has 0 heteroatoms. The first kappa shape index (κ1) is 17.0. The van der Waals surface area contributed by atoms with Crippen LogP contribution < -0.4 is 0 Å². The molecule has 0 fully saturated rings. The highest BCUT2D eigenvalue weighted by Gasteiger charge is 2.12. The van der Waals surface area contributed by atoms with Gasteiger partial charge in [0, 0.05) is 0 Å². The Morgan fingerprint density at radius 3 is 1.76 bits per heavy atom. The van der Waals surface area contributed by atoms with Crippen LogP contribution in [-0.2, 0) is 5.41 Å². The number of hydrogen-bond donors (Lipinski definition) is 0. The van der Waals surface area contributed by atoms with Crippen molar-refractivity contribution in [1.82, 2.24) is 0 Å². The minimum absolute atomic E-state index is 0.250. The Bertz CT molecular complexity index is 566. The number of allylic oxidation sites excluding steroid dienone is 1. The first-order valence-electron chi connectivity index (χ1n) is 7.28. The van der Waals surface area contributed by atoms with Gasteiger partial charge in [0.15, 0.2) is 0 Å². The summed E-state index contributed by atoms with van der Waals surface area (Å²) in [5.74, 6) is 0. The molecule has 110 valence electrons. The molecule has 0 aliphatic carbocycles. The zero-order valence-corrected chi connectivity index (χ0v) is 13.7. The Hall–Kier alpha value is -2.08. The first-order chi connectivity index (χ1) is 9.84. The minimum Gasteiger partial charge on any atom is -0.0985 e. The Labute approximate surface area is 129 Å². The van der Waals surface area contributed by atoms with Gasteiger partial charge < -0.3 is 0 Å². The molecule has 0 saturated carbocycles. The second-order valence-electron chi connectivity index (χ2n) is 6.22. The van der Waals surface area contributed by atoms with Gasteiger partial charge in [0.25, 0.3) is 0 Å². The minimum atomic E-state index is 0.250. The molecule has 0 atom stereocenters. The third kappa shape index (κ3) is 5.83. The van der Waals surface area contributed by atoms with E-state index in [1.165, 1.54) is 16.7 Å². The summed E-state index contributed by atoms with van der Waals surface area (Å²) in [4.78, 5) is 0. The van der Waals surface area contributed by atoms with Gasteiger partial charge >= 0.3 is 0 Å². The van der Waals surface area contributed by atoms with Gasteiger partial charge in [0.05, 0.1) is 0 Å². The van der Waals surface area contributed by atoms with E-state index in [0.717, 1.165) is 5.57 Å². The third-order valence-corrected chi connectivity index (χ3v) is 3.28. The average molecular weight is 278 g/mol. The van der Waals surface area contributed by atoms with Gasteiger partial charge in [-0.3, -0.25) is 0 Å². The summed E-state index contributed by atoms with van der Waals surface area (Å²) in [5, 5.41) is 0. The standard InChI is InChI=1S/C12H16.C9H10/c1-5-10-6-8-11(9-7-10)12(2,3)4;1-8(2)9-6-4-3-5-7-9/h5-9H,1H2,2-4H3;3-7H,1H2,2H3. The number of hydrogen-bond acceptors (Lipinski definition) is 0. The lowest BCUT2D eigenvalue weighted by molar-refractivity contribution is 0.590. The molecule has 0 aliphatic rings. The van der Waals surface area contributed by atoms with Gasteiger partial charge in [0.2, 0.25) is 0 Å². The van der Waals surface area contributed by atoms with Crippen LogP contribution in [-0.4, -0.2) is 0 Å². The second kappa shape index (κ2) is 7.64. The molecule has 0 aliphatic heterocycles. The molecule has 0 amide bonds. The highest BCUT2D eigenvalue weighted by Crippen LogP contribution is 2.22. The summed E-state index contributed by atoms with van der Waals surface area (Å²) in [6.07, 6.45) is 1.87. The average Bonchev–Trinajstić information content (AvgIpc) is 2.48. The zero-order valence-electron chi connectivity index (χ0n) is 13.7. The molecule has 21 heavy (non-hydrogen) atoms. The fraction of sp³-hybridized carbons (Fsp3) is 0.238. The molecule has 0 N–H and O–H groups in total. The predicted molar refractivity (Wildman–Crippen MR) is 96.4 cm³/mol. The highest BCUT2D eigenvalue weighted by atomic mass is 14.2. The lowest BCUT2D eigenvalue weighted by Gasteiger charge is -2.18. The highest BCUT2D eigenvalue weighted by molar-refractivity contribution is 5.60. The lowest BCUT2D eigenvalue weighted by Crippen LogP contribution is -2.10. The fourth-order valence-electron chi connectivity index (χ4n) is 1.84. The van der Waals surface area contributed by atoms with Crippen LogP contribution in [0.15, 0.2) is 67.8 Å². The SMILES string of the molecule is C=C(C)c1ccccc1.C=Cc1ccc(C(C)(C)C)cc1. The molecule has 0 bridgehead atoms. The van der Waals surface area contributed by atoms with Crippen LogP contribution >= 0.6 is 0 Å². The molecule has 0 aromatic heterocycles. The maximum absolute atomic E-state index is 3.83. The van der Waals surface area contributed by atoms with Gasteiger partial charge in [-0.05, 0) is 29.0 Å². The maximum Gasteiger partial charge on any atom is -0.0132 e. The van der Waals surface area contributed by atoms with Crippen LogP contribution in [0.1, 0.15) is 44.4 Å². The van der Waals surface area contributed by atoms with Crippen LogP contribution in [0.2, 0.25) is 0 Å². The van der Waals surface area contributed by atoms with E-state index in [0.29, 0.717) is 0 Å². The second-order valence-corrected chi connectivity index (χ2v) is 6.22. The van der Waals surface area contributed by atoms with Crippen molar-refractivity contribution < 1.29 is 0 Å². The van der Waals surface area contributed by atoms with Crippen molar-refractivity contribution in [2.45, 2.75) is 33.1 Å². The van der Waals surface area contributed by atoms with E-state index in [-0.39, 0.29) is 5.41 Å². The van der Waals surface area contributed by atoms with Crippen LogP contribution in [0.4, 0.5) is 0 Å². The first-order valence-corrected chi connectivity index (χ1v) is 7.28. The van der Waals surface area contributed by atoms with Crippen LogP contribution in [0.25, 0.3) is 11.6 Å². The van der Waals surface area contributed by atoms with Gasteiger partial charge in [-0.2, -0.15) is 0 Å². The Kier molecular flexibility index (Phi) is 6.17. The molecular formula is C21H26. The van der Waals surface area contributed by atoms with E-state index in [2.05, 4.69) is 70.3 Å². The molecule has 0 saturated heterocycles. The Morgan fingerprint density at radius 2 is 1.43 bits per heavy atom. The third-order valence-electron chi connectivity index (χ3n) is 3.28. The van der Waals surface area contributed by atoms with Crippen LogP contribution in [0, 0.1) is 0 Å². The molecule has 2 aromatic carbocycles. The summed E-state index contributed by atoms with van der Waals surface area (Å²) in [6, 6.07) is 18.7. The zero-order chi connectivity index (χ0) is 15.9. The molecular weight excluding hydrogens is 252 g/mol. The number of rotatable bonds is 2. The van der Waals surface area contributed by atoms with Crippen LogP contribution in [0.3, 0.4) is 0 Å². The van der Waals surface area contributed by atoms with E-state index in [9.17, 15) is 0 Å². The smallest absolute Gasteiger partial charge is 0.0132 e. The van der Waals surface area contributed by atoms with Gasteiger partial charge in [-0.25, -0.2) is 0 Å². The maximum atomic E-state index is 3.83. The Morgan fingerprint density at radius 1 is 0.905 bits per heavy atom. The lowest BCUT2D eigenvalue weighted by atomic mass is 9.87. The summed E-state index contributed by atoms with van der Waals surface area (Å²) in [7, 11) is 0. The largest absolute Gasteiger partial charge is 0.0985 e. The van der Waals surface area contributed by atoms with Crippen molar-refractivity contribution in [3.8, 4) is 0 Å². The molecule has 0 unspecified atom stereocenters. The molecule has 0 radical (unpaired) electrons. The summed E-state index contributed by atoms with van der Waals surface area (Å²) < 4.78 is 0. The summed E-state index contributed by atoms with van der Waals surface area (Å²) in [5.41, 5.74) is 5.14. The van der Waals surface area contributed by atoms with E-state index >= 15 is 0 Å². The monoisotopic (exact) mass is 278 g/mol. The number of benzene rings is 2. The van der Waals surface area contributed by atoms with Crippen molar-refractivity contribution in [1.29, 1.82) is 0 Å². The topological polar surface area (TPSA) is 0 Å². The van der Waals surface area contributed by atoms with E-state index in [1.807, 2.05) is 31.2 Å². The van der Waals surface area contributed by atoms with Crippen molar-refractivity contribution >= 4 is 11.6 Å². The van der Waals surface area contributed by atoms with Crippen molar-refractivity contribution in [3.05, 3.63) is 84.4 Å². The summed E-state index contributed by atoms with van der Waals surface area (Å²) >= 11 is 0. The van der Waals surface area contributed by atoms with Gasteiger partial charge in [0.1, 0.15) is 0 Å².